The Morgan fingerprint density at radius 3 is 2.09 bits per heavy atom. The first-order chi connectivity index (χ1) is 15.8. The van der Waals surface area contributed by atoms with Gasteiger partial charge in [0, 0.05) is 64.2 Å². The van der Waals surface area contributed by atoms with Crippen molar-refractivity contribution in [3.8, 4) is 0 Å². The fourth-order valence-electron chi connectivity index (χ4n) is 4.93. The second kappa shape index (κ2) is 9.66. The van der Waals surface area contributed by atoms with Gasteiger partial charge >= 0.3 is 0 Å². The number of methoxy groups -OCH3 is 1. The van der Waals surface area contributed by atoms with Crippen LogP contribution in [0.3, 0.4) is 0 Å². The Kier molecular flexibility index (Phi) is 6.49. The number of nitrogens with zero attached hydrogens (tertiary/aromatic N) is 5. The van der Waals surface area contributed by atoms with Gasteiger partial charge in [0.2, 0.25) is 0 Å². The average molecular weight is 443 g/mol. The Hall–Kier alpha value is -2.33. The van der Waals surface area contributed by atoms with Gasteiger partial charge < -0.3 is 29.3 Å². The van der Waals surface area contributed by atoms with E-state index in [1.807, 2.05) is 6.20 Å². The van der Waals surface area contributed by atoms with Crippen molar-refractivity contribution in [1.29, 1.82) is 0 Å². The molecule has 3 fully saturated rings. The number of nitrogens with one attached hydrogen (secondary N) is 1. The van der Waals surface area contributed by atoms with E-state index in [4.69, 9.17) is 19.2 Å². The molecule has 174 valence electrons. The predicted octanol–water partition coefficient (Wildman–Crippen LogP) is 0.574. The van der Waals surface area contributed by atoms with Crippen LogP contribution in [0.5, 0.6) is 0 Å². The summed E-state index contributed by atoms with van der Waals surface area (Å²) in [6.45, 7) is 9.92. The highest BCUT2D eigenvalue weighted by molar-refractivity contribution is 5.97. The summed E-state index contributed by atoms with van der Waals surface area (Å²) in [6.07, 6.45) is 2.00. The zero-order valence-electron chi connectivity index (χ0n) is 18.9. The molecule has 5 rings (SSSR count). The summed E-state index contributed by atoms with van der Waals surface area (Å²) < 4.78 is 17.0. The van der Waals surface area contributed by atoms with Crippen LogP contribution >= 0.6 is 0 Å². The molecule has 0 saturated carbocycles. The molecule has 1 N–H and O–H groups in total. The molecule has 0 aliphatic carbocycles. The lowest BCUT2D eigenvalue weighted by Gasteiger charge is -2.53. The molecule has 1 unspecified atom stereocenters. The molecule has 0 bridgehead atoms. The summed E-state index contributed by atoms with van der Waals surface area (Å²) in [5.41, 5.74) is 1.28. The molecule has 4 aliphatic heterocycles. The van der Waals surface area contributed by atoms with E-state index in [0.29, 0.717) is 13.2 Å². The number of amidine groups is 1. The molecule has 0 aromatic heterocycles. The fraction of sp³-hybridized carbons (Fsp3) is 0.609. The summed E-state index contributed by atoms with van der Waals surface area (Å²) >= 11 is 0. The van der Waals surface area contributed by atoms with E-state index in [9.17, 15) is 0 Å². The molecule has 1 atom stereocenters. The summed E-state index contributed by atoms with van der Waals surface area (Å²) in [5.74, 6) is 1.05. The van der Waals surface area contributed by atoms with Gasteiger partial charge in [-0.05, 0) is 12.1 Å². The van der Waals surface area contributed by atoms with Gasteiger partial charge in [0.25, 0.3) is 5.91 Å². The van der Waals surface area contributed by atoms with Gasteiger partial charge in [-0.3, -0.25) is 0 Å². The second-order valence-corrected chi connectivity index (χ2v) is 8.44. The number of para-hydroxylation sites is 1. The van der Waals surface area contributed by atoms with Crippen LogP contribution in [0, 0.1) is 0 Å². The van der Waals surface area contributed by atoms with Crippen LogP contribution in [0.25, 0.3) is 0 Å². The first-order valence-corrected chi connectivity index (χ1v) is 11.6. The fourth-order valence-corrected chi connectivity index (χ4v) is 4.93. The molecule has 1 aromatic rings. The van der Waals surface area contributed by atoms with Crippen molar-refractivity contribution < 1.29 is 14.2 Å². The number of anilines is 1. The van der Waals surface area contributed by atoms with Crippen LogP contribution in [-0.4, -0.2) is 112 Å². The van der Waals surface area contributed by atoms with Crippen molar-refractivity contribution in [1.82, 2.24) is 20.0 Å². The number of hydrogen-bond acceptors (Lipinski definition) is 9. The minimum Gasteiger partial charge on any atom is -0.491 e. The van der Waals surface area contributed by atoms with Crippen LogP contribution in [0.1, 0.15) is 0 Å². The van der Waals surface area contributed by atoms with E-state index in [0.717, 1.165) is 77.2 Å². The Morgan fingerprint density at radius 2 is 1.44 bits per heavy atom. The monoisotopic (exact) mass is 442 g/mol. The van der Waals surface area contributed by atoms with Gasteiger partial charge in [0.05, 0.1) is 33.5 Å². The number of ether oxygens (including phenoxy) is 3. The molecular weight excluding hydrogens is 408 g/mol. The minimum absolute atomic E-state index is 0.637. The number of morpholine rings is 2. The maximum atomic E-state index is 5.72. The van der Waals surface area contributed by atoms with Crippen molar-refractivity contribution in [2.75, 3.05) is 90.8 Å². The first-order valence-electron chi connectivity index (χ1n) is 11.6. The lowest BCUT2D eigenvalue weighted by Crippen LogP contribution is -2.72. The molecular formula is C23H34N6O3. The van der Waals surface area contributed by atoms with Crippen LogP contribution < -0.4 is 10.2 Å². The molecule has 32 heavy (non-hydrogen) atoms. The minimum atomic E-state index is -0.637. The quantitative estimate of drug-likeness (QED) is 0.727. The molecule has 3 saturated heterocycles. The van der Waals surface area contributed by atoms with Crippen molar-refractivity contribution in [3.63, 3.8) is 0 Å². The van der Waals surface area contributed by atoms with Crippen molar-refractivity contribution in [2.45, 2.75) is 5.91 Å². The van der Waals surface area contributed by atoms with E-state index >= 15 is 0 Å². The zero-order valence-corrected chi connectivity index (χ0v) is 18.9. The standard InChI is InChI=1S/C23H34N6O3/c1-30-21-19-24-23(29-13-17-32-18-14-29,25-22(21)27-11-15-31-16-12-27)28-9-7-26(8-10-28)20-5-3-2-4-6-20/h2-6,19,24H,7-18H2,1H3. The maximum Gasteiger partial charge on any atom is 0.251 e. The molecule has 4 heterocycles. The van der Waals surface area contributed by atoms with Gasteiger partial charge in [0.1, 0.15) is 0 Å². The average Bonchev–Trinajstić information content (AvgIpc) is 2.90. The van der Waals surface area contributed by atoms with Gasteiger partial charge in [-0.1, -0.05) is 18.2 Å². The third kappa shape index (κ3) is 4.17. The van der Waals surface area contributed by atoms with Crippen molar-refractivity contribution >= 4 is 11.5 Å². The second-order valence-electron chi connectivity index (χ2n) is 8.44. The number of benzene rings is 1. The maximum absolute atomic E-state index is 5.72. The normalized spacial score (nSPS) is 28.0. The van der Waals surface area contributed by atoms with Crippen LogP contribution in [0.2, 0.25) is 0 Å². The first kappa shape index (κ1) is 21.5. The predicted molar refractivity (Wildman–Crippen MR) is 123 cm³/mol. The van der Waals surface area contributed by atoms with Gasteiger partial charge in [-0.15, -0.1) is 0 Å². The van der Waals surface area contributed by atoms with Gasteiger partial charge in [-0.25, -0.2) is 14.8 Å². The molecule has 0 radical (unpaired) electrons. The summed E-state index contributed by atoms with van der Waals surface area (Å²) in [6, 6.07) is 10.7. The molecule has 0 spiro atoms. The van der Waals surface area contributed by atoms with Crippen LogP contribution in [0.15, 0.2) is 47.3 Å². The largest absolute Gasteiger partial charge is 0.491 e. The lowest BCUT2D eigenvalue weighted by molar-refractivity contribution is -0.114. The Morgan fingerprint density at radius 1 is 0.812 bits per heavy atom. The topological polar surface area (TPSA) is 65.0 Å². The Bertz CT molecular complexity index is 814. The number of rotatable bonds is 4. The highest BCUT2D eigenvalue weighted by Gasteiger charge is 2.47. The molecule has 4 aliphatic rings. The van der Waals surface area contributed by atoms with E-state index in [2.05, 4.69) is 55.2 Å². The number of aliphatic imine (C=N–C) groups is 1. The summed E-state index contributed by atoms with van der Waals surface area (Å²) in [5, 5.41) is 3.64. The summed E-state index contributed by atoms with van der Waals surface area (Å²) in [4.78, 5) is 15.0. The molecule has 1 aromatic carbocycles. The smallest absolute Gasteiger partial charge is 0.251 e. The highest BCUT2D eigenvalue weighted by atomic mass is 16.5. The van der Waals surface area contributed by atoms with Crippen LogP contribution in [0.4, 0.5) is 5.69 Å². The van der Waals surface area contributed by atoms with E-state index < -0.39 is 5.91 Å². The van der Waals surface area contributed by atoms with Crippen LogP contribution in [-0.2, 0) is 14.2 Å². The Labute approximate surface area is 190 Å². The third-order valence-corrected chi connectivity index (χ3v) is 6.70. The lowest BCUT2D eigenvalue weighted by atomic mass is 10.2. The number of hydrogen-bond donors (Lipinski definition) is 1. The van der Waals surface area contributed by atoms with Gasteiger partial charge in [-0.2, -0.15) is 0 Å². The van der Waals surface area contributed by atoms with E-state index in [1.165, 1.54) is 5.69 Å². The Balaban J connectivity index is 1.43. The van der Waals surface area contributed by atoms with E-state index in [-0.39, 0.29) is 0 Å². The zero-order chi connectivity index (χ0) is 21.8. The molecule has 9 heteroatoms. The highest BCUT2D eigenvalue weighted by Crippen LogP contribution is 2.29. The van der Waals surface area contributed by atoms with E-state index in [1.54, 1.807) is 7.11 Å². The molecule has 9 nitrogen and oxygen atoms in total. The third-order valence-electron chi connectivity index (χ3n) is 6.70. The summed E-state index contributed by atoms with van der Waals surface area (Å²) in [7, 11) is 1.71. The van der Waals surface area contributed by atoms with Crippen molar-refractivity contribution in [2.24, 2.45) is 4.99 Å². The van der Waals surface area contributed by atoms with Gasteiger partial charge in [0.15, 0.2) is 11.6 Å². The number of piperazine rings is 1. The molecule has 0 amide bonds. The SMILES string of the molecule is COC1=CNC(N2CCOCC2)(N2CCN(c3ccccc3)CC2)N=C1N1CCOCC1. The van der Waals surface area contributed by atoms with Crippen molar-refractivity contribution in [3.05, 3.63) is 42.3 Å².